The highest BCUT2D eigenvalue weighted by Crippen LogP contribution is 2.24. The zero-order valence-corrected chi connectivity index (χ0v) is 15.3. The molecule has 0 radical (unpaired) electrons. The Kier molecular flexibility index (Phi) is 4.69. The van der Waals surface area contributed by atoms with Gasteiger partial charge in [0.2, 0.25) is 5.91 Å². The van der Waals surface area contributed by atoms with E-state index in [-0.39, 0.29) is 12.5 Å². The van der Waals surface area contributed by atoms with Gasteiger partial charge in [-0.1, -0.05) is 35.9 Å². The Bertz CT molecular complexity index is 1040. The normalized spacial score (nSPS) is 11.0. The monoisotopic (exact) mass is 382 g/mol. The number of nitrogens with zero attached hydrogens (tertiary/aromatic N) is 3. The molecule has 0 aliphatic heterocycles. The zero-order valence-electron chi connectivity index (χ0n) is 13.7. The molecule has 1 amide bonds. The van der Waals surface area contributed by atoms with E-state index in [1.165, 1.54) is 11.3 Å². The first-order valence-corrected chi connectivity index (χ1v) is 9.38. The predicted molar refractivity (Wildman–Crippen MR) is 104 cm³/mol. The maximum Gasteiger partial charge on any atom is 0.240 e. The molecule has 0 atom stereocenters. The Morgan fingerprint density at radius 3 is 2.73 bits per heavy atom. The summed E-state index contributed by atoms with van der Waals surface area (Å²) in [6, 6.07) is 15.2. The molecule has 0 spiro atoms. The largest absolute Gasteiger partial charge is 0.350 e. The van der Waals surface area contributed by atoms with Gasteiger partial charge in [-0.3, -0.25) is 4.79 Å². The molecule has 2 heterocycles. The molecular weight excluding hydrogens is 368 g/mol. The van der Waals surface area contributed by atoms with Crippen LogP contribution in [0.3, 0.4) is 0 Å². The maximum atomic E-state index is 12.5. The van der Waals surface area contributed by atoms with E-state index in [0.29, 0.717) is 17.4 Å². The molecule has 26 heavy (non-hydrogen) atoms. The predicted octanol–water partition coefficient (Wildman–Crippen LogP) is 4.13. The fourth-order valence-electron chi connectivity index (χ4n) is 2.76. The Morgan fingerprint density at radius 2 is 1.96 bits per heavy atom. The van der Waals surface area contributed by atoms with Gasteiger partial charge in [0.05, 0.1) is 16.5 Å². The summed E-state index contributed by atoms with van der Waals surface area (Å²) in [5, 5.41) is 5.56. The molecule has 2 aromatic heterocycles. The smallest absolute Gasteiger partial charge is 0.240 e. The summed E-state index contributed by atoms with van der Waals surface area (Å²) in [5.74, 6) is 0.619. The van der Waals surface area contributed by atoms with Crippen molar-refractivity contribution in [2.75, 3.05) is 0 Å². The number of carbonyl (C=O) groups is 1. The zero-order chi connectivity index (χ0) is 17.9. The summed E-state index contributed by atoms with van der Waals surface area (Å²) in [7, 11) is 0. The standard InChI is InChI=1S/C19H15ClN4OS/c20-14-7-5-13(6-8-14)9-21-18(25)10-24-17-4-2-1-3-15(17)23-19(24)16-11-26-12-22-16/h1-8,11-12H,9-10H2,(H,21,25). The van der Waals surface area contributed by atoms with Crippen LogP contribution in [-0.4, -0.2) is 20.4 Å². The van der Waals surface area contributed by atoms with Crippen LogP contribution in [-0.2, 0) is 17.9 Å². The molecular formula is C19H15ClN4OS. The number of aromatic nitrogens is 3. The number of nitrogens with one attached hydrogen (secondary N) is 1. The van der Waals surface area contributed by atoms with Crippen molar-refractivity contribution in [2.45, 2.75) is 13.1 Å². The van der Waals surface area contributed by atoms with E-state index >= 15 is 0 Å². The van der Waals surface area contributed by atoms with Crippen LogP contribution < -0.4 is 5.32 Å². The molecule has 4 rings (SSSR count). The topological polar surface area (TPSA) is 59.8 Å². The van der Waals surface area contributed by atoms with Gasteiger partial charge in [-0.05, 0) is 29.8 Å². The highest BCUT2D eigenvalue weighted by molar-refractivity contribution is 7.07. The number of carbonyl (C=O) groups excluding carboxylic acids is 1. The van der Waals surface area contributed by atoms with E-state index in [0.717, 1.165) is 22.3 Å². The van der Waals surface area contributed by atoms with E-state index < -0.39 is 0 Å². The molecule has 0 unspecified atom stereocenters. The molecule has 4 aromatic rings. The van der Waals surface area contributed by atoms with Crippen LogP contribution in [0.4, 0.5) is 0 Å². The number of rotatable bonds is 5. The third kappa shape index (κ3) is 3.47. The second-order valence-corrected chi connectivity index (χ2v) is 6.94. The van der Waals surface area contributed by atoms with Crippen molar-refractivity contribution in [1.29, 1.82) is 0 Å². The minimum absolute atomic E-state index is 0.0837. The number of imidazole rings is 1. The van der Waals surface area contributed by atoms with Crippen LogP contribution in [0.1, 0.15) is 5.56 Å². The Balaban J connectivity index is 1.57. The molecule has 5 nitrogen and oxygen atoms in total. The van der Waals surface area contributed by atoms with Gasteiger partial charge in [0, 0.05) is 16.9 Å². The van der Waals surface area contributed by atoms with E-state index in [9.17, 15) is 4.79 Å². The molecule has 0 saturated heterocycles. The van der Waals surface area contributed by atoms with E-state index in [1.807, 2.05) is 58.5 Å². The molecule has 1 N–H and O–H groups in total. The van der Waals surface area contributed by atoms with Crippen molar-refractivity contribution in [1.82, 2.24) is 19.9 Å². The van der Waals surface area contributed by atoms with Crippen molar-refractivity contribution < 1.29 is 4.79 Å². The first kappa shape index (κ1) is 16.8. The summed E-state index contributed by atoms with van der Waals surface area (Å²) in [4.78, 5) is 21.5. The molecule has 0 bridgehead atoms. The first-order valence-electron chi connectivity index (χ1n) is 8.06. The van der Waals surface area contributed by atoms with Crippen LogP contribution in [0.2, 0.25) is 5.02 Å². The number of thiazole rings is 1. The molecule has 0 aliphatic rings. The second-order valence-electron chi connectivity index (χ2n) is 5.79. The van der Waals surface area contributed by atoms with Gasteiger partial charge in [0.25, 0.3) is 0 Å². The maximum absolute atomic E-state index is 12.5. The van der Waals surface area contributed by atoms with Gasteiger partial charge in [0.15, 0.2) is 5.82 Å². The minimum atomic E-state index is -0.0837. The lowest BCUT2D eigenvalue weighted by Crippen LogP contribution is -2.27. The van der Waals surface area contributed by atoms with Gasteiger partial charge in [-0.25, -0.2) is 9.97 Å². The van der Waals surface area contributed by atoms with Crippen molar-refractivity contribution in [3.63, 3.8) is 0 Å². The third-order valence-electron chi connectivity index (χ3n) is 4.02. The van der Waals surface area contributed by atoms with Crippen LogP contribution >= 0.6 is 22.9 Å². The van der Waals surface area contributed by atoms with Crippen LogP contribution in [0.15, 0.2) is 59.4 Å². The van der Waals surface area contributed by atoms with E-state index in [2.05, 4.69) is 15.3 Å². The van der Waals surface area contributed by atoms with Gasteiger partial charge in [-0.15, -0.1) is 11.3 Å². The average molecular weight is 383 g/mol. The number of halogens is 1. The number of fused-ring (bicyclic) bond motifs is 1. The molecule has 2 aromatic carbocycles. The van der Waals surface area contributed by atoms with Gasteiger partial charge >= 0.3 is 0 Å². The fraction of sp³-hybridized carbons (Fsp3) is 0.105. The van der Waals surface area contributed by atoms with Crippen LogP contribution in [0.5, 0.6) is 0 Å². The Morgan fingerprint density at radius 1 is 1.15 bits per heavy atom. The number of hydrogen-bond acceptors (Lipinski definition) is 4. The lowest BCUT2D eigenvalue weighted by Gasteiger charge is -2.09. The molecule has 7 heteroatoms. The summed E-state index contributed by atoms with van der Waals surface area (Å²) in [6.45, 7) is 0.635. The quantitative estimate of drug-likeness (QED) is 0.564. The van der Waals surface area contributed by atoms with Crippen LogP contribution in [0.25, 0.3) is 22.6 Å². The number of benzene rings is 2. The Hall–Kier alpha value is -2.70. The molecule has 0 aliphatic carbocycles. The van der Waals surface area contributed by atoms with Gasteiger partial charge < -0.3 is 9.88 Å². The lowest BCUT2D eigenvalue weighted by molar-refractivity contribution is -0.121. The summed E-state index contributed by atoms with van der Waals surface area (Å²) in [6.07, 6.45) is 0. The summed E-state index contributed by atoms with van der Waals surface area (Å²) >= 11 is 7.39. The van der Waals surface area contributed by atoms with Crippen molar-refractivity contribution in [3.05, 3.63) is 70.0 Å². The highest BCUT2D eigenvalue weighted by atomic mass is 35.5. The lowest BCUT2D eigenvalue weighted by atomic mass is 10.2. The van der Waals surface area contributed by atoms with Gasteiger partial charge in [-0.2, -0.15) is 0 Å². The summed E-state index contributed by atoms with van der Waals surface area (Å²) in [5.41, 5.74) is 5.30. The SMILES string of the molecule is O=C(Cn1c(-c2cscn2)nc2ccccc21)NCc1ccc(Cl)cc1. The number of hydrogen-bond donors (Lipinski definition) is 1. The van der Waals surface area contributed by atoms with Gasteiger partial charge in [0.1, 0.15) is 12.2 Å². The first-order chi connectivity index (χ1) is 12.7. The van der Waals surface area contributed by atoms with Crippen molar-refractivity contribution in [3.8, 4) is 11.5 Å². The molecule has 0 fully saturated rings. The third-order valence-corrected chi connectivity index (χ3v) is 4.86. The van der Waals surface area contributed by atoms with Crippen molar-refractivity contribution >= 4 is 39.9 Å². The molecule has 130 valence electrons. The highest BCUT2D eigenvalue weighted by Gasteiger charge is 2.16. The fourth-order valence-corrected chi connectivity index (χ4v) is 3.41. The van der Waals surface area contributed by atoms with Crippen molar-refractivity contribution in [2.24, 2.45) is 0 Å². The van der Waals surface area contributed by atoms with Crippen LogP contribution in [0, 0.1) is 0 Å². The molecule has 0 saturated carbocycles. The summed E-state index contributed by atoms with van der Waals surface area (Å²) < 4.78 is 1.90. The minimum Gasteiger partial charge on any atom is -0.350 e. The van der Waals surface area contributed by atoms with E-state index in [4.69, 9.17) is 11.6 Å². The number of para-hydroxylation sites is 2. The average Bonchev–Trinajstić information content (AvgIpc) is 3.30. The second kappa shape index (κ2) is 7.27. The number of amides is 1. The Labute approximate surface area is 159 Å². The van der Waals surface area contributed by atoms with E-state index in [1.54, 1.807) is 5.51 Å².